The fourth-order valence-electron chi connectivity index (χ4n) is 9.04. The maximum atomic E-state index is 10.9. The van der Waals surface area contributed by atoms with Gasteiger partial charge in [-0.1, -0.05) is 20.8 Å². The highest BCUT2D eigenvalue weighted by atomic mass is 16.3. The van der Waals surface area contributed by atoms with Gasteiger partial charge < -0.3 is 10.2 Å². The Morgan fingerprint density at radius 1 is 0.966 bits per heavy atom. The third-order valence-electron chi connectivity index (χ3n) is 10.7. The second kappa shape index (κ2) is 7.80. The summed E-state index contributed by atoms with van der Waals surface area (Å²) in [4.78, 5) is 0. The van der Waals surface area contributed by atoms with Crippen LogP contribution in [0.15, 0.2) is 0 Å². The molecule has 0 saturated heterocycles. The molecule has 9 atom stereocenters. The third-order valence-corrected chi connectivity index (χ3v) is 10.7. The summed E-state index contributed by atoms with van der Waals surface area (Å²) in [6, 6.07) is 0. The van der Waals surface area contributed by atoms with Gasteiger partial charge in [-0.3, -0.25) is 0 Å². The topological polar surface area (TPSA) is 40.5 Å². The molecule has 0 spiro atoms. The van der Waals surface area contributed by atoms with E-state index in [1.165, 1.54) is 51.4 Å². The molecule has 4 saturated carbocycles. The average molecular weight is 405 g/mol. The van der Waals surface area contributed by atoms with Gasteiger partial charge in [-0.15, -0.1) is 0 Å². The van der Waals surface area contributed by atoms with Crippen molar-refractivity contribution in [1.29, 1.82) is 0 Å². The highest BCUT2D eigenvalue weighted by molar-refractivity contribution is 5.07. The van der Waals surface area contributed by atoms with Gasteiger partial charge >= 0.3 is 0 Å². The van der Waals surface area contributed by atoms with E-state index in [4.69, 9.17) is 0 Å². The standard InChI is InChI=1S/C27H48O2/c1-6-27(29)16-13-20-19(17-27)7-8-22-21(20)12-15-26(5)23(9-10-24(22)26)18(2)11-14-25(3,4)28/h18-24,28-29H,6-17H2,1-5H3/t18-,19+,20+,21-,22-,23-,24+,26-,27+/m1/s1. The Kier molecular flexibility index (Phi) is 5.95. The first-order valence-electron chi connectivity index (χ1n) is 13.0. The third kappa shape index (κ3) is 4.07. The highest BCUT2D eigenvalue weighted by Crippen LogP contribution is 2.66. The molecule has 0 amide bonds. The Morgan fingerprint density at radius 2 is 1.69 bits per heavy atom. The lowest BCUT2D eigenvalue weighted by Crippen LogP contribution is -2.51. The molecule has 2 heteroatoms. The quantitative estimate of drug-likeness (QED) is 0.543. The zero-order valence-corrected chi connectivity index (χ0v) is 19.9. The minimum absolute atomic E-state index is 0.356. The summed E-state index contributed by atoms with van der Waals surface area (Å²) >= 11 is 0. The monoisotopic (exact) mass is 404 g/mol. The molecule has 0 aromatic carbocycles. The summed E-state index contributed by atoms with van der Waals surface area (Å²) in [6.45, 7) is 11.2. The second-order valence-electron chi connectivity index (χ2n) is 12.8. The summed E-state index contributed by atoms with van der Waals surface area (Å²) in [5.74, 6) is 6.11. The van der Waals surface area contributed by atoms with E-state index in [1.807, 2.05) is 13.8 Å². The maximum Gasteiger partial charge on any atom is 0.0648 e. The minimum atomic E-state index is -0.523. The van der Waals surface area contributed by atoms with Crippen molar-refractivity contribution in [3.63, 3.8) is 0 Å². The first-order chi connectivity index (χ1) is 13.6. The summed E-state index contributed by atoms with van der Waals surface area (Å²) in [6.07, 6.45) is 15.0. The van der Waals surface area contributed by atoms with Gasteiger partial charge in [0, 0.05) is 0 Å². The molecule has 29 heavy (non-hydrogen) atoms. The molecular formula is C27H48O2. The summed E-state index contributed by atoms with van der Waals surface area (Å²) in [7, 11) is 0. The molecule has 0 bridgehead atoms. The Labute approximate surface area is 180 Å². The van der Waals surface area contributed by atoms with Crippen LogP contribution in [0.2, 0.25) is 0 Å². The van der Waals surface area contributed by atoms with E-state index in [9.17, 15) is 10.2 Å². The van der Waals surface area contributed by atoms with Crippen LogP contribution in [-0.4, -0.2) is 21.4 Å². The lowest BCUT2D eigenvalue weighted by molar-refractivity contribution is -0.109. The Bertz CT molecular complexity index is 580. The number of fused-ring (bicyclic) bond motifs is 5. The Morgan fingerprint density at radius 3 is 2.38 bits per heavy atom. The molecule has 4 rings (SSSR count). The summed E-state index contributed by atoms with van der Waals surface area (Å²) in [5, 5.41) is 21.1. The van der Waals surface area contributed by atoms with E-state index in [2.05, 4.69) is 20.8 Å². The van der Waals surface area contributed by atoms with Crippen LogP contribution in [0.5, 0.6) is 0 Å². The van der Waals surface area contributed by atoms with Crippen LogP contribution in [0, 0.1) is 46.8 Å². The van der Waals surface area contributed by atoms with E-state index < -0.39 is 5.60 Å². The first-order valence-corrected chi connectivity index (χ1v) is 13.0. The molecule has 4 aliphatic rings. The van der Waals surface area contributed by atoms with Gasteiger partial charge in [0.25, 0.3) is 0 Å². The van der Waals surface area contributed by atoms with Crippen molar-refractivity contribution in [2.24, 2.45) is 46.8 Å². The number of rotatable bonds is 5. The number of aliphatic hydroxyl groups is 2. The van der Waals surface area contributed by atoms with Gasteiger partial charge in [-0.25, -0.2) is 0 Å². The summed E-state index contributed by atoms with van der Waals surface area (Å²) < 4.78 is 0. The largest absolute Gasteiger partial charge is 0.390 e. The van der Waals surface area contributed by atoms with Crippen LogP contribution in [-0.2, 0) is 0 Å². The number of hydrogen-bond donors (Lipinski definition) is 2. The van der Waals surface area contributed by atoms with E-state index >= 15 is 0 Å². The highest BCUT2D eigenvalue weighted by Gasteiger charge is 2.58. The zero-order valence-electron chi connectivity index (χ0n) is 19.9. The molecule has 0 unspecified atom stereocenters. The van der Waals surface area contributed by atoms with Gasteiger partial charge in [-0.05, 0) is 138 Å². The van der Waals surface area contributed by atoms with E-state index in [-0.39, 0.29) is 5.60 Å². The van der Waals surface area contributed by atoms with Crippen molar-refractivity contribution >= 4 is 0 Å². The van der Waals surface area contributed by atoms with Crippen LogP contribution >= 0.6 is 0 Å². The first kappa shape index (κ1) is 22.1. The van der Waals surface area contributed by atoms with Crippen LogP contribution in [0.3, 0.4) is 0 Å². The Balaban J connectivity index is 1.44. The normalized spacial score (nSPS) is 48.5. The summed E-state index contributed by atoms with van der Waals surface area (Å²) in [5.41, 5.74) is -0.345. The fraction of sp³-hybridized carbons (Fsp3) is 1.00. The van der Waals surface area contributed by atoms with Crippen LogP contribution in [0.25, 0.3) is 0 Å². The van der Waals surface area contributed by atoms with Crippen LogP contribution < -0.4 is 0 Å². The molecule has 0 radical (unpaired) electrons. The molecule has 2 nitrogen and oxygen atoms in total. The zero-order chi connectivity index (χ0) is 21.0. The van der Waals surface area contributed by atoms with Gasteiger partial charge in [0.2, 0.25) is 0 Å². The molecule has 0 aromatic rings. The minimum Gasteiger partial charge on any atom is -0.390 e. The van der Waals surface area contributed by atoms with Crippen molar-refractivity contribution in [3.8, 4) is 0 Å². The predicted molar refractivity (Wildman–Crippen MR) is 121 cm³/mol. The number of hydrogen-bond acceptors (Lipinski definition) is 2. The van der Waals surface area contributed by atoms with Gasteiger partial charge in [0.15, 0.2) is 0 Å². The van der Waals surface area contributed by atoms with Crippen molar-refractivity contribution < 1.29 is 10.2 Å². The van der Waals surface area contributed by atoms with Crippen LogP contribution in [0.1, 0.15) is 112 Å². The molecular weight excluding hydrogens is 356 g/mol. The van der Waals surface area contributed by atoms with Crippen molar-refractivity contribution in [3.05, 3.63) is 0 Å². The van der Waals surface area contributed by atoms with Gasteiger partial charge in [0.1, 0.15) is 0 Å². The van der Waals surface area contributed by atoms with E-state index in [0.717, 1.165) is 67.1 Å². The lowest BCUT2D eigenvalue weighted by Gasteiger charge is -2.57. The second-order valence-corrected chi connectivity index (χ2v) is 12.8. The SMILES string of the molecule is CC[C@]1(O)CC[C@H]2[C@@H](CC[C@@H]3[C@@H]2CC[C@]2(C)[C@@H]([C@H](C)CCC(C)(C)O)CC[C@@H]32)C1. The van der Waals surface area contributed by atoms with Crippen molar-refractivity contribution in [1.82, 2.24) is 0 Å². The van der Waals surface area contributed by atoms with Crippen molar-refractivity contribution in [2.75, 3.05) is 0 Å². The molecule has 0 heterocycles. The van der Waals surface area contributed by atoms with E-state index in [1.54, 1.807) is 0 Å². The fourth-order valence-corrected chi connectivity index (χ4v) is 9.04. The van der Waals surface area contributed by atoms with Gasteiger partial charge in [0.05, 0.1) is 11.2 Å². The molecule has 0 aliphatic heterocycles. The van der Waals surface area contributed by atoms with Crippen molar-refractivity contribution in [2.45, 2.75) is 123 Å². The maximum absolute atomic E-state index is 10.9. The Hall–Kier alpha value is -0.0800. The molecule has 4 fully saturated rings. The van der Waals surface area contributed by atoms with Gasteiger partial charge in [-0.2, -0.15) is 0 Å². The van der Waals surface area contributed by atoms with Crippen LogP contribution in [0.4, 0.5) is 0 Å². The average Bonchev–Trinajstić information content (AvgIpc) is 3.02. The predicted octanol–water partition coefficient (Wildman–Crippen LogP) is 6.58. The molecule has 4 aliphatic carbocycles. The smallest absolute Gasteiger partial charge is 0.0648 e. The molecule has 2 N–H and O–H groups in total. The molecule has 0 aromatic heterocycles. The van der Waals surface area contributed by atoms with E-state index in [0.29, 0.717) is 5.41 Å². The lowest BCUT2D eigenvalue weighted by atomic mass is 9.48. The molecule has 168 valence electrons.